The van der Waals surface area contributed by atoms with Crippen LogP contribution in [-0.2, 0) is 0 Å². The minimum atomic E-state index is 0.119. The molecule has 0 atom stereocenters. The van der Waals surface area contributed by atoms with Crippen LogP contribution in [0, 0.1) is 0 Å². The first-order valence-electron chi connectivity index (χ1n) is 5.74. The number of hydrogen-bond acceptors (Lipinski definition) is 4. The largest absolute Gasteiger partial charge is 0.497 e. The van der Waals surface area contributed by atoms with Crippen LogP contribution < -0.4 is 9.64 Å². The number of Topliss-reactive ketones (excluding diaryl/α,β-unsaturated/α-hetero) is 1. The molecule has 100 valence electrons. The van der Waals surface area contributed by atoms with E-state index in [1.807, 2.05) is 48.3 Å². The van der Waals surface area contributed by atoms with Crippen molar-refractivity contribution in [1.29, 1.82) is 0 Å². The molecular formula is C14H14BrNO2S. The summed E-state index contributed by atoms with van der Waals surface area (Å²) in [5.74, 6) is 0.930. The van der Waals surface area contributed by atoms with Gasteiger partial charge in [-0.1, -0.05) is 0 Å². The zero-order chi connectivity index (χ0) is 13.8. The van der Waals surface area contributed by atoms with Crippen LogP contribution in [0.15, 0.2) is 40.2 Å². The van der Waals surface area contributed by atoms with E-state index in [2.05, 4.69) is 15.9 Å². The monoisotopic (exact) mass is 339 g/mol. The molecule has 5 heteroatoms. The van der Waals surface area contributed by atoms with Crippen LogP contribution in [0.4, 0.5) is 5.69 Å². The van der Waals surface area contributed by atoms with Crippen molar-refractivity contribution in [3.05, 3.63) is 45.1 Å². The van der Waals surface area contributed by atoms with Crippen molar-refractivity contribution in [2.24, 2.45) is 0 Å². The molecule has 0 bridgehead atoms. The molecule has 0 unspecified atom stereocenters. The summed E-state index contributed by atoms with van der Waals surface area (Å²) in [6.07, 6.45) is 0. The number of halogens is 1. The molecule has 0 saturated heterocycles. The summed E-state index contributed by atoms with van der Waals surface area (Å²) >= 11 is 4.83. The van der Waals surface area contributed by atoms with Gasteiger partial charge in [-0.2, -0.15) is 0 Å². The van der Waals surface area contributed by atoms with Crippen molar-refractivity contribution < 1.29 is 9.53 Å². The summed E-state index contributed by atoms with van der Waals surface area (Å²) in [5, 5.41) is 0. The van der Waals surface area contributed by atoms with Crippen LogP contribution in [0.1, 0.15) is 9.67 Å². The molecule has 0 aliphatic heterocycles. The number of anilines is 1. The van der Waals surface area contributed by atoms with E-state index >= 15 is 0 Å². The molecule has 0 aliphatic rings. The minimum absolute atomic E-state index is 0.119. The van der Waals surface area contributed by atoms with E-state index in [9.17, 15) is 4.79 Å². The highest BCUT2D eigenvalue weighted by molar-refractivity contribution is 9.11. The number of hydrogen-bond donors (Lipinski definition) is 0. The van der Waals surface area contributed by atoms with E-state index in [1.165, 1.54) is 11.3 Å². The Hall–Kier alpha value is -1.33. The fourth-order valence-electron chi connectivity index (χ4n) is 1.69. The summed E-state index contributed by atoms with van der Waals surface area (Å²) in [7, 11) is 3.54. The first-order valence-corrected chi connectivity index (χ1v) is 7.35. The maximum Gasteiger partial charge on any atom is 0.192 e. The van der Waals surface area contributed by atoms with Gasteiger partial charge < -0.3 is 9.64 Å². The average molecular weight is 340 g/mol. The first kappa shape index (κ1) is 14.1. The van der Waals surface area contributed by atoms with Crippen molar-refractivity contribution in [1.82, 2.24) is 0 Å². The third-order valence-electron chi connectivity index (χ3n) is 2.74. The van der Waals surface area contributed by atoms with Gasteiger partial charge in [0.2, 0.25) is 0 Å². The number of methoxy groups -OCH3 is 1. The Balaban J connectivity index is 2.03. The van der Waals surface area contributed by atoms with E-state index in [4.69, 9.17) is 4.74 Å². The van der Waals surface area contributed by atoms with Gasteiger partial charge in [-0.05, 0) is 52.3 Å². The van der Waals surface area contributed by atoms with Gasteiger partial charge >= 0.3 is 0 Å². The topological polar surface area (TPSA) is 29.5 Å². The molecule has 3 nitrogen and oxygen atoms in total. The third-order valence-corrected chi connectivity index (χ3v) is 4.41. The summed E-state index contributed by atoms with van der Waals surface area (Å²) < 4.78 is 6.09. The van der Waals surface area contributed by atoms with Gasteiger partial charge in [0, 0.05) is 12.7 Å². The van der Waals surface area contributed by atoms with Gasteiger partial charge in [0.1, 0.15) is 5.75 Å². The number of nitrogens with zero attached hydrogens (tertiary/aromatic N) is 1. The number of thiophene rings is 1. The Kier molecular flexibility index (Phi) is 4.61. The predicted octanol–water partition coefficient (Wildman–Crippen LogP) is 3.84. The van der Waals surface area contributed by atoms with Gasteiger partial charge in [-0.3, -0.25) is 4.79 Å². The quantitative estimate of drug-likeness (QED) is 0.775. The normalized spacial score (nSPS) is 10.3. The van der Waals surface area contributed by atoms with Gasteiger partial charge in [0.05, 0.1) is 22.3 Å². The van der Waals surface area contributed by atoms with Crippen LogP contribution >= 0.6 is 27.3 Å². The van der Waals surface area contributed by atoms with E-state index < -0.39 is 0 Å². The summed E-state index contributed by atoms with van der Waals surface area (Å²) in [6.45, 7) is 0.360. The van der Waals surface area contributed by atoms with Crippen molar-refractivity contribution in [2.75, 3.05) is 25.6 Å². The molecule has 1 aromatic heterocycles. The van der Waals surface area contributed by atoms with Crippen LogP contribution in [0.5, 0.6) is 5.75 Å². The molecule has 2 rings (SSSR count). The fraction of sp³-hybridized carbons (Fsp3) is 0.214. The standard InChI is InChI=1S/C14H14BrNO2S/c1-16(10-3-5-11(18-2)6-4-10)9-12(17)13-7-8-14(15)19-13/h3-8H,9H2,1-2H3. The molecular weight excluding hydrogens is 326 g/mol. The van der Waals surface area contributed by atoms with Gasteiger partial charge in [-0.25, -0.2) is 0 Å². The zero-order valence-electron chi connectivity index (χ0n) is 10.7. The van der Waals surface area contributed by atoms with E-state index in [-0.39, 0.29) is 5.78 Å². The molecule has 0 spiro atoms. The highest BCUT2D eigenvalue weighted by atomic mass is 79.9. The number of benzene rings is 1. The second-order valence-corrected chi connectivity index (χ2v) is 6.54. The number of rotatable bonds is 5. The first-order chi connectivity index (χ1) is 9.10. The average Bonchev–Trinajstić information content (AvgIpc) is 2.85. The molecule has 1 aromatic carbocycles. The Labute approximate surface area is 124 Å². The maximum absolute atomic E-state index is 12.1. The number of ether oxygens (including phenoxy) is 1. The third kappa shape index (κ3) is 3.58. The molecule has 2 aromatic rings. The van der Waals surface area contributed by atoms with Crippen molar-refractivity contribution in [2.45, 2.75) is 0 Å². The Bertz CT molecular complexity index is 565. The molecule has 1 heterocycles. The summed E-state index contributed by atoms with van der Waals surface area (Å²) in [4.78, 5) is 14.8. The zero-order valence-corrected chi connectivity index (χ0v) is 13.1. The van der Waals surface area contributed by atoms with E-state index in [0.717, 1.165) is 20.1 Å². The van der Waals surface area contributed by atoms with Crippen molar-refractivity contribution >= 4 is 38.7 Å². The minimum Gasteiger partial charge on any atom is -0.497 e. The second kappa shape index (κ2) is 6.21. The number of carbonyl (C=O) groups is 1. The lowest BCUT2D eigenvalue weighted by Gasteiger charge is -2.18. The molecule has 19 heavy (non-hydrogen) atoms. The van der Waals surface area contributed by atoms with E-state index in [1.54, 1.807) is 7.11 Å². The lowest BCUT2D eigenvalue weighted by molar-refractivity contribution is 0.100. The van der Waals surface area contributed by atoms with E-state index in [0.29, 0.717) is 6.54 Å². The van der Waals surface area contributed by atoms with Gasteiger partial charge in [0.25, 0.3) is 0 Å². The SMILES string of the molecule is COc1ccc(N(C)CC(=O)c2ccc(Br)s2)cc1. The molecule has 0 fully saturated rings. The Morgan fingerprint density at radius 1 is 1.26 bits per heavy atom. The molecule has 0 aliphatic carbocycles. The Morgan fingerprint density at radius 3 is 2.47 bits per heavy atom. The number of likely N-dealkylation sites (N-methyl/N-ethyl adjacent to an activating group) is 1. The summed E-state index contributed by atoms with van der Waals surface area (Å²) in [5.41, 5.74) is 0.991. The number of ketones is 1. The van der Waals surface area contributed by atoms with Crippen LogP contribution in [0.3, 0.4) is 0 Å². The smallest absolute Gasteiger partial charge is 0.192 e. The van der Waals surface area contributed by atoms with Crippen LogP contribution in [0.2, 0.25) is 0 Å². The molecule has 0 amide bonds. The molecule has 0 radical (unpaired) electrons. The highest BCUT2D eigenvalue weighted by Gasteiger charge is 2.12. The number of carbonyl (C=O) groups excluding carboxylic acids is 1. The second-order valence-electron chi connectivity index (χ2n) is 4.08. The van der Waals surface area contributed by atoms with Gasteiger partial charge in [-0.15, -0.1) is 11.3 Å². The lowest BCUT2D eigenvalue weighted by atomic mass is 10.2. The summed E-state index contributed by atoms with van der Waals surface area (Å²) in [6, 6.07) is 11.4. The highest BCUT2D eigenvalue weighted by Crippen LogP contribution is 2.23. The van der Waals surface area contributed by atoms with Crippen molar-refractivity contribution in [3.8, 4) is 5.75 Å². The van der Waals surface area contributed by atoms with Crippen LogP contribution in [-0.4, -0.2) is 26.5 Å². The van der Waals surface area contributed by atoms with Crippen molar-refractivity contribution in [3.63, 3.8) is 0 Å². The van der Waals surface area contributed by atoms with Crippen LogP contribution in [0.25, 0.3) is 0 Å². The molecule has 0 saturated carbocycles. The molecule has 0 N–H and O–H groups in total. The van der Waals surface area contributed by atoms with Gasteiger partial charge in [0.15, 0.2) is 5.78 Å². The fourth-order valence-corrected chi connectivity index (χ4v) is 3.00. The lowest BCUT2D eigenvalue weighted by Crippen LogP contribution is -2.25. The maximum atomic E-state index is 12.1. The Morgan fingerprint density at radius 2 is 1.95 bits per heavy atom. The predicted molar refractivity (Wildman–Crippen MR) is 82.6 cm³/mol.